The molecule has 2 aromatic rings. The van der Waals surface area contributed by atoms with Crippen LogP contribution in [-0.4, -0.2) is 16.9 Å². The quantitative estimate of drug-likeness (QED) is 0.943. The molecule has 2 N–H and O–H groups in total. The third-order valence-electron chi connectivity index (χ3n) is 2.44. The van der Waals surface area contributed by atoms with Gasteiger partial charge in [-0.2, -0.15) is 0 Å². The molecule has 0 bridgehead atoms. The van der Waals surface area contributed by atoms with Gasteiger partial charge in [-0.25, -0.2) is 4.98 Å². The van der Waals surface area contributed by atoms with Crippen molar-refractivity contribution in [1.29, 1.82) is 0 Å². The molecule has 17 heavy (non-hydrogen) atoms. The molecule has 0 aliphatic carbocycles. The van der Waals surface area contributed by atoms with E-state index in [1.54, 1.807) is 17.5 Å². The fourth-order valence-corrected chi connectivity index (χ4v) is 2.87. The van der Waals surface area contributed by atoms with E-state index in [1.165, 1.54) is 9.35 Å². The Hall–Kier alpha value is -0.910. The standard InChI is InChI=1S/C12H14BrN3S/c1-16(6-9-5-11(13)17-8-9)7-10-3-2-4-15-12(10)14/h2-5,8H,6-7H2,1H3,(H2,14,15). The Bertz CT molecular complexity index is 498. The minimum Gasteiger partial charge on any atom is -0.383 e. The molecule has 0 radical (unpaired) electrons. The van der Waals surface area contributed by atoms with Gasteiger partial charge in [0.25, 0.3) is 0 Å². The highest BCUT2D eigenvalue weighted by Crippen LogP contribution is 2.22. The summed E-state index contributed by atoms with van der Waals surface area (Å²) < 4.78 is 1.17. The van der Waals surface area contributed by atoms with Crippen molar-refractivity contribution < 1.29 is 0 Å². The van der Waals surface area contributed by atoms with Crippen molar-refractivity contribution in [2.24, 2.45) is 0 Å². The lowest BCUT2D eigenvalue weighted by Gasteiger charge is -2.16. The number of aromatic nitrogens is 1. The maximum Gasteiger partial charge on any atom is 0.127 e. The number of hydrogen-bond acceptors (Lipinski definition) is 4. The minimum absolute atomic E-state index is 0.617. The molecule has 0 aromatic carbocycles. The predicted octanol–water partition coefficient (Wildman–Crippen LogP) is 3.12. The molecule has 0 fully saturated rings. The highest BCUT2D eigenvalue weighted by molar-refractivity contribution is 9.11. The molecule has 0 amide bonds. The van der Waals surface area contributed by atoms with Crippen LogP contribution in [0.15, 0.2) is 33.6 Å². The normalized spacial score (nSPS) is 11.0. The highest BCUT2D eigenvalue weighted by atomic mass is 79.9. The van der Waals surface area contributed by atoms with Crippen LogP contribution in [0.25, 0.3) is 0 Å². The number of nitrogens with zero attached hydrogens (tertiary/aromatic N) is 2. The van der Waals surface area contributed by atoms with Gasteiger partial charge < -0.3 is 5.73 Å². The number of thiophene rings is 1. The molecule has 2 heterocycles. The first-order chi connectivity index (χ1) is 8.15. The number of nitrogens with two attached hydrogens (primary N) is 1. The van der Waals surface area contributed by atoms with Crippen LogP contribution in [0, 0.1) is 0 Å². The van der Waals surface area contributed by atoms with Crippen LogP contribution in [0.3, 0.4) is 0 Å². The molecule has 0 unspecified atom stereocenters. The second-order valence-electron chi connectivity index (χ2n) is 3.98. The second kappa shape index (κ2) is 5.62. The summed E-state index contributed by atoms with van der Waals surface area (Å²) in [7, 11) is 2.08. The average molecular weight is 312 g/mol. The Balaban J connectivity index is 1.98. The van der Waals surface area contributed by atoms with Gasteiger partial charge in [0.15, 0.2) is 0 Å². The van der Waals surface area contributed by atoms with Crippen LogP contribution in [0.2, 0.25) is 0 Å². The number of pyridine rings is 1. The minimum atomic E-state index is 0.617. The van der Waals surface area contributed by atoms with E-state index in [9.17, 15) is 0 Å². The SMILES string of the molecule is CN(Cc1csc(Br)c1)Cc1cccnc1N. The van der Waals surface area contributed by atoms with Crippen LogP contribution in [0.4, 0.5) is 5.82 Å². The van der Waals surface area contributed by atoms with E-state index in [4.69, 9.17) is 5.73 Å². The van der Waals surface area contributed by atoms with Crippen LogP contribution < -0.4 is 5.73 Å². The summed E-state index contributed by atoms with van der Waals surface area (Å²) >= 11 is 5.18. The van der Waals surface area contributed by atoms with Gasteiger partial charge in [-0.15, -0.1) is 11.3 Å². The first kappa shape index (κ1) is 12.5. The van der Waals surface area contributed by atoms with Crippen molar-refractivity contribution in [3.8, 4) is 0 Å². The molecule has 5 heteroatoms. The van der Waals surface area contributed by atoms with Crippen LogP contribution in [-0.2, 0) is 13.1 Å². The van der Waals surface area contributed by atoms with E-state index in [-0.39, 0.29) is 0 Å². The van der Waals surface area contributed by atoms with Crippen molar-refractivity contribution >= 4 is 33.1 Å². The lowest BCUT2D eigenvalue weighted by molar-refractivity contribution is 0.320. The van der Waals surface area contributed by atoms with Gasteiger partial charge in [-0.05, 0) is 46.1 Å². The monoisotopic (exact) mass is 311 g/mol. The number of halogens is 1. The van der Waals surface area contributed by atoms with Gasteiger partial charge in [0.05, 0.1) is 3.79 Å². The maximum absolute atomic E-state index is 5.82. The molecule has 0 saturated heterocycles. The first-order valence-electron chi connectivity index (χ1n) is 5.26. The zero-order valence-corrected chi connectivity index (χ0v) is 12.0. The number of anilines is 1. The average Bonchev–Trinajstić information content (AvgIpc) is 2.67. The van der Waals surface area contributed by atoms with Crippen molar-refractivity contribution in [2.45, 2.75) is 13.1 Å². The van der Waals surface area contributed by atoms with E-state index in [0.29, 0.717) is 5.82 Å². The number of rotatable bonds is 4. The molecule has 0 atom stereocenters. The Kier molecular flexibility index (Phi) is 4.15. The molecule has 2 aromatic heterocycles. The summed E-state index contributed by atoms with van der Waals surface area (Å²) in [5.74, 6) is 0.617. The highest BCUT2D eigenvalue weighted by Gasteiger charge is 2.06. The molecule has 0 saturated carbocycles. The van der Waals surface area contributed by atoms with E-state index in [2.05, 4.69) is 44.3 Å². The maximum atomic E-state index is 5.82. The molecule has 3 nitrogen and oxygen atoms in total. The topological polar surface area (TPSA) is 42.2 Å². The summed E-state index contributed by atoms with van der Waals surface area (Å²) in [5, 5.41) is 2.16. The first-order valence-corrected chi connectivity index (χ1v) is 6.93. The van der Waals surface area contributed by atoms with E-state index in [0.717, 1.165) is 18.7 Å². The zero-order chi connectivity index (χ0) is 12.3. The van der Waals surface area contributed by atoms with Gasteiger partial charge >= 0.3 is 0 Å². The largest absolute Gasteiger partial charge is 0.383 e. The van der Waals surface area contributed by atoms with Gasteiger partial charge in [0.2, 0.25) is 0 Å². The van der Waals surface area contributed by atoms with Crippen molar-refractivity contribution in [2.75, 3.05) is 12.8 Å². The third kappa shape index (κ3) is 3.52. The van der Waals surface area contributed by atoms with Crippen LogP contribution in [0.5, 0.6) is 0 Å². The van der Waals surface area contributed by atoms with E-state index < -0.39 is 0 Å². The second-order valence-corrected chi connectivity index (χ2v) is 6.27. The van der Waals surface area contributed by atoms with Crippen LogP contribution >= 0.6 is 27.3 Å². The molecular formula is C12H14BrN3S. The summed E-state index contributed by atoms with van der Waals surface area (Å²) in [6.07, 6.45) is 1.72. The van der Waals surface area contributed by atoms with Crippen molar-refractivity contribution in [3.63, 3.8) is 0 Å². The fraction of sp³-hybridized carbons (Fsp3) is 0.250. The Labute approximate surface area is 113 Å². The molecule has 0 aliphatic heterocycles. The molecule has 2 rings (SSSR count). The summed E-state index contributed by atoms with van der Waals surface area (Å²) in [5.41, 5.74) is 8.21. The fourth-order valence-electron chi connectivity index (χ4n) is 1.67. The zero-order valence-electron chi connectivity index (χ0n) is 9.56. The lowest BCUT2D eigenvalue weighted by atomic mass is 10.2. The predicted molar refractivity (Wildman–Crippen MR) is 75.8 cm³/mol. The lowest BCUT2D eigenvalue weighted by Crippen LogP contribution is -2.18. The van der Waals surface area contributed by atoms with Crippen molar-refractivity contribution in [3.05, 3.63) is 44.7 Å². The van der Waals surface area contributed by atoms with Crippen molar-refractivity contribution in [1.82, 2.24) is 9.88 Å². The molecule has 90 valence electrons. The summed E-state index contributed by atoms with van der Waals surface area (Å²) in [6.45, 7) is 1.73. The molecule has 0 aliphatic rings. The van der Waals surface area contributed by atoms with Gasteiger partial charge in [0, 0.05) is 24.8 Å². The number of hydrogen-bond donors (Lipinski definition) is 1. The summed E-state index contributed by atoms with van der Waals surface area (Å²) in [4.78, 5) is 6.31. The summed E-state index contributed by atoms with van der Waals surface area (Å²) in [6, 6.07) is 6.08. The van der Waals surface area contributed by atoms with E-state index >= 15 is 0 Å². The van der Waals surface area contributed by atoms with Gasteiger partial charge in [0.1, 0.15) is 5.82 Å². The Morgan fingerprint density at radius 1 is 1.47 bits per heavy atom. The Morgan fingerprint density at radius 2 is 2.29 bits per heavy atom. The van der Waals surface area contributed by atoms with Crippen LogP contribution in [0.1, 0.15) is 11.1 Å². The van der Waals surface area contributed by atoms with Gasteiger partial charge in [-0.3, -0.25) is 4.90 Å². The molecular weight excluding hydrogens is 298 g/mol. The number of nitrogen functional groups attached to an aromatic ring is 1. The van der Waals surface area contributed by atoms with E-state index in [1.807, 2.05) is 12.1 Å². The smallest absolute Gasteiger partial charge is 0.127 e. The van der Waals surface area contributed by atoms with Gasteiger partial charge in [-0.1, -0.05) is 6.07 Å². The molecule has 0 spiro atoms. The third-order valence-corrected chi connectivity index (χ3v) is 3.99. The Morgan fingerprint density at radius 3 is 2.94 bits per heavy atom.